The van der Waals surface area contributed by atoms with Gasteiger partial charge in [0.15, 0.2) is 23.0 Å². The lowest BCUT2D eigenvalue weighted by Crippen LogP contribution is -2.13. The van der Waals surface area contributed by atoms with Gasteiger partial charge in [0.2, 0.25) is 0 Å². The number of carbonyl (C=O) groups is 4. The first-order valence-corrected chi connectivity index (χ1v) is 23.7. The number of phenols is 2. The second-order valence-electron chi connectivity index (χ2n) is 16.4. The lowest BCUT2D eigenvalue weighted by molar-refractivity contribution is 0.0724. The van der Waals surface area contributed by atoms with Gasteiger partial charge in [-0.2, -0.15) is 10.2 Å². The van der Waals surface area contributed by atoms with Gasteiger partial charge >= 0.3 is 11.9 Å². The van der Waals surface area contributed by atoms with Crippen molar-refractivity contribution in [1.29, 1.82) is 0 Å². The van der Waals surface area contributed by atoms with E-state index in [1.807, 2.05) is 0 Å². The quantitative estimate of drug-likeness (QED) is 0.0526. The predicted molar refractivity (Wildman–Crippen MR) is 287 cm³/mol. The van der Waals surface area contributed by atoms with Crippen LogP contribution in [-0.4, -0.2) is 34.0 Å². The number of esters is 2. The van der Waals surface area contributed by atoms with Gasteiger partial charge < -0.3 is 30.3 Å². The van der Waals surface area contributed by atoms with Gasteiger partial charge in [0.05, 0.1) is 43.7 Å². The van der Waals surface area contributed by atoms with Crippen LogP contribution in [0, 0.1) is 13.8 Å². The maximum absolute atomic E-state index is 13.8. The Labute approximate surface area is 441 Å². The van der Waals surface area contributed by atoms with Gasteiger partial charge in [-0.15, -0.1) is 10.2 Å². The van der Waals surface area contributed by atoms with Gasteiger partial charge in [0.25, 0.3) is 11.8 Å². The molecule has 0 spiro atoms. The molecule has 9 aromatic carbocycles. The van der Waals surface area contributed by atoms with Crippen LogP contribution < -0.4 is 20.1 Å². The van der Waals surface area contributed by atoms with E-state index in [0.29, 0.717) is 55.4 Å². The van der Waals surface area contributed by atoms with Crippen molar-refractivity contribution >= 4 is 126 Å². The van der Waals surface area contributed by atoms with Crippen LogP contribution in [0.5, 0.6) is 23.0 Å². The molecule has 0 aliphatic carbocycles. The molecule has 0 aliphatic rings. The molecule has 0 radical (unpaired) electrons. The molecule has 0 saturated carbocycles. The first kappa shape index (κ1) is 50.3. The van der Waals surface area contributed by atoms with Crippen LogP contribution >= 0.6 is 46.4 Å². The van der Waals surface area contributed by atoms with Crippen molar-refractivity contribution in [2.45, 2.75) is 13.8 Å². The summed E-state index contributed by atoms with van der Waals surface area (Å²) in [6, 6.07) is 42.2. The molecule has 366 valence electrons. The van der Waals surface area contributed by atoms with Crippen molar-refractivity contribution in [2.75, 3.05) is 10.6 Å². The average Bonchev–Trinajstić information content (AvgIpc) is 3.39. The highest BCUT2D eigenvalue weighted by Crippen LogP contribution is 2.43. The molecule has 9 rings (SSSR count). The fourth-order valence-corrected chi connectivity index (χ4v) is 8.43. The molecule has 0 heterocycles. The largest absolute Gasteiger partial charge is 0.505 e. The van der Waals surface area contributed by atoms with Crippen molar-refractivity contribution in [2.24, 2.45) is 20.5 Å². The number of aromatic hydroxyl groups is 2. The maximum Gasteiger partial charge on any atom is 0.343 e. The SMILES string of the molecule is Cc1c(N=Nc2c(O)c(C(=O)Nc3ccc(NC(=O)c4cc5ccccc5c(N=Nc5cccc(C(=O)Oc6cccc(Cl)c6Cl)c5C)c4O)cc3)cc3ccccc23)cccc1C(=O)Oc1cccc(Cl)c1Cl. The number of azo groups is 2. The van der Waals surface area contributed by atoms with E-state index in [1.54, 1.807) is 147 Å². The summed E-state index contributed by atoms with van der Waals surface area (Å²) in [5.74, 6) is -3.48. The highest BCUT2D eigenvalue weighted by molar-refractivity contribution is 6.43. The van der Waals surface area contributed by atoms with Gasteiger partial charge in [-0.25, -0.2) is 9.59 Å². The zero-order valence-electron chi connectivity index (χ0n) is 38.7. The second kappa shape index (κ2) is 21.6. The van der Waals surface area contributed by atoms with E-state index < -0.39 is 35.3 Å². The molecule has 0 bridgehead atoms. The summed E-state index contributed by atoms with van der Waals surface area (Å²) in [7, 11) is 0. The summed E-state index contributed by atoms with van der Waals surface area (Å²) >= 11 is 24.7. The van der Waals surface area contributed by atoms with Gasteiger partial charge in [-0.1, -0.05) is 119 Å². The number of fused-ring (bicyclic) bond motifs is 2. The van der Waals surface area contributed by atoms with Crippen molar-refractivity contribution in [3.63, 3.8) is 0 Å². The maximum atomic E-state index is 13.8. The summed E-state index contributed by atoms with van der Waals surface area (Å²) in [5.41, 5.74) is 2.25. The molecular weight excluding hydrogens is 1030 g/mol. The van der Waals surface area contributed by atoms with Gasteiger partial charge in [-0.05, 0) is 121 Å². The number of amides is 2. The Morgan fingerprint density at radius 2 is 0.824 bits per heavy atom. The predicted octanol–water partition coefficient (Wildman–Crippen LogP) is 16.4. The summed E-state index contributed by atoms with van der Waals surface area (Å²) in [6.45, 7) is 3.32. The Bertz CT molecular complexity index is 3580. The van der Waals surface area contributed by atoms with Crippen LogP contribution in [0.2, 0.25) is 20.1 Å². The van der Waals surface area contributed by atoms with Crippen LogP contribution in [0.3, 0.4) is 0 Å². The summed E-state index contributed by atoms with van der Waals surface area (Å²) in [4.78, 5) is 54.1. The minimum atomic E-state index is -0.704. The van der Waals surface area contributed by atoms with Gasteiger partial charge in [0.1, 0.15) is 21.4 Å². The topological polar surface area (TPSA) is 201 Å². The van der Waals surface area contributed by atoms with E-state index in [4.69, 9.17) is 55.9 Å². The summed E-state index contributed by atoms with van der Waals surface area (Å²) in [5, 5.41) is 49.0. The van der Waals surface area contributed by atoms with E-state index in [2.05, 4.69) is 31.1 Å². The number of hydrogen-bond donors (Lipinski definition) is 4. The fourth-order valence-electron chi connectivity index (χ4n) is 7.77. The third-order valence-electron chi connectivity index (χ3n) is 11.7. The minimum absolute atomic E-state index is 0.00825. The molecule has 0 aliphatic heterocycles. The molecule has 0 aromatic heterocycles. The number of nitrogens with zero attached hydrogens (tertiary/aromatic N) is 4. The number of anilines is 2. The lowest BCUT2D eigenvalue weighted by Gasteiger charge is -2.13. The van der Waals surface area contributed by atoms with Crippen molar-refractivity contribution < 1.29 is 38.9 Å². The van der Waals surface area contributed by atoms with Crippen molar-refractivity contribution in [3.8, 4) is 23.0 Å². The standard InChI is InChI=1S/C56H36Cl4N6O8/c1-29-35(55(71)73-45-21-9-17-41(57)47(45)59)15-7-19-43(29)63-65-49-37-13-5-3-11-31(37)27-39(51(49)67)53(69)61-33-23-25-34(26-24-33)62-54(70)40-28-32-12-4-6-14-38(32)50(52(40)68)66-64-44-20-8-16-36(30(44)2)56(72)74-46-22-10-18-42(58)48(46)60/h3-28,67-68H,1-2H3,(H,61,69)(H,62,70). The van der Waals surface area contributed by atoms with E-state index in [-0.39, 0.29) is 65.2 Å². The van der Waals surface area contributed by atoms with Crippen LogP contribution in [-0.2, 0) is 0 Å². The normalized spacial score (nSPS) is 11.3. The molecule has 9 aromatic rings. The fraction of sp³-hybridized carbons (Fsp3) is 0.0357. The molecule has 2 amide bonds. The first-order chi connectivity index (χ1) is 35.7. The Morgan fingerprint density at radius 1 is 0.446 bits per heavy atom. The average molecular weight is 1060 g/mol. The lowest BCUT2D eigenvalue weighted by atomic mass is 10.0. The van der Waals surface area contributed by atoms with E-state index >= 15 is 0 Å². The molecule has 18 heteroatoms. The van der Waals surface area contributed by atoms with Crippen LogP contribution in [0.4, 0.5) is 34.1 Å². The number of halogens is 4. The highest BCUT2D eigenvalue weighted by Gasteiger charge is 2.23. The number of phenolic OH excluding ortho intramolecular Hbond substituents is 2. The summed E-state index contributed by atoms with van der Waals surface area (Å²) in [6.07, 6.45) is 0. The van der Waals surface area contributed by atoms with Crippen LogP contribution in [0.25, 0.3) is 21.5 Å². The van der Waals surface area contributed by atoms with E-state index in [1.165, 1.54) is 24.3 Å². The molecule has 74 heavy (non-hydrogen) atoms. The smallest absolute Gasteiger partial charge is 0.343 e. The van der Waals surface area contributed by atoms with Crippen molar-refractivity contribution in [3.05, 3.63) is 211 Å². The Balaban J connectivity index is 0.916. The summed E-state index contributed by atoms with van der Waals surface area (Å²) < 4.78 is 11.1. The first-order valence-electron chi connectivity index (χ1n) is 22.2. The minimum Gasteiger partial charge on any atom is -0.505 e. The number of carbonyl (C=O) groups excluding carboxylic acids is 4. The number of rotatable bonds is 12. The molecule has 4 N–H and O–H groups in total. The Morgan fingerprint density at radius 3 is 1.23 bits per heavy atom. The van der Waals surface area contributed by atoms with Crippen LogP contribution in [0.1, 0.15) is 52.6 Å². The Hall–Kier alpha value is -8.66. The van der Waals surface area contributed by atoms with E-state index in [9.17, 15) is 29.4 Å². The number of hydrogen-bond acceptors (Lipinski definition) is 12. The molecular formula is C56H36Cl4N6O8. The number of benzene rings is 9. The van der Waals surface area contributed by atoms with E-state index in [0.717, 1.165) is 0 Å². The molecule has 0 saturated heterocycles. The van der Waals surface area contributed by atoms with Gasteiger partial charge in [0, 0.05) is 22.1 Å². The van der Waals surface area contributed by atoms with Crippen LogP contribution in [0.15, 0.2) is 178 Å². The zero-order chi connectivity index (χ0) is 52.2. The zero-order valence-corrected chi connectivity index (χ0v) is 41.7. The Kier molecular flexibility index (Phi) is 14.7. The number of ether oxygens (including phenoxy) is 2. The number of nitrogens with one attached hydrogen (secondary N) is 2. The third-order valence-corrected chi connectivity index (χ3v) is 13.3. The second-order valence-corrected chi connectivity index (χ2v) is 17.9. The molecule has 0 atom stereocenters. The van der Waals surface area contributed by atoms with Crippen molar-refractivity contribution in [1.82, 2.24) is 0 Å². The molecule has 14 nitrogen and oxygen atoms in total. The highest BCUT2D eigenvalue weighted by atomic mass is 35.5. The molecule has 0 fully saturated rings. The monoisotopic (exact) mass is 1060 g/mol. The van der Waals surface area contributed by atoms with Gasteiger partial charge in [-0.3, -0.25) is 9.59 Å². The molecule has 0 unspecified atom stereocenters. The third kappa shape index (κ3) is 10.5.